The fourth-order valence-corrected chi connectivity index (χ4v) is 5.49. The topological polar surface area (TPSA) is 118 Å². The summed E-state index contributed by atoms with van der Waals surface area (Å²) < 4.78 is 11.3. The van der Waals surface area contributed by atoms with Crippen LogP contribution in [0.25, 0.3) is 0 Å². The van der Waals surface area contributed by atoms with Crippen LogP contribution in [-0.2, 0) is 16.7 Å². The highest BCUT2D eigenvalue weighted by molar-refractivity contribution is 8.93. The van der Waals surface area contributed by atoms with E-state index in [1.165, 1.54) is 0 Å². The molecule has 2 heterocycles. The molecule has 224 valence electrons. The molecule has 4 rings (SSSR count). The van der Waals surface area contributed by atoms with Gasteiger partial charge in [-0.05, 0) is 35.2 Å². The van der Waals surface area contributed by atoms with Crippen molar-refractivity contribution in [1.82, 2.24) is 10.2 Å². The van der Waals surface area contributed by atoms with Gasteiger partial charge in [-0.3, -0.25) is 15.0 Å². The smallest absolute Gasteiger partial charge is 0.253 e. The number of β-amino-alcohol motifs (C(OH)–C–C–N with tert-alkyl or cyclic N) is 1. The molecule has 2 unspecified atom stereocenters. The van der Waals surface area contributed by atoms with Crippen LogP contribution in [0.15, 0.2) is 24.3 Å². The Morgan fingerprint density at radius 3 is 2.37 bits per heavy atom. The van der Waals surface area contributed by atoms with Gasteiger partial charge in [-0.25, -0.2) is 0 Å². The van der Waals surface area contributed by atoms with Crippen molar-refractivity contribution < 1.29 is 24.2 Å². The number of Topliss-reactive ketones (excluding diaryl/α,β-unsaturated/α-hetero) is 1. The van der Waals surface area contributed by atoms with Crippen LogP contribution in [0, 0.1) is 5.41 Å². The van der Waals surface area contributed by atoms with Crippen molar-refractivity contribution in [2.45, 2.75) is 44.9 Å². The van der Waals surface area contributed by atoms with Crippen molar-refractivity contribution >= 4 is 45.9 Å². The predicted molar refractivity (Wildman–Crippen MR) is 167 cm³/mol. The van der Waals surface area contributed by atoms with Gasteiger partial charge in [-0.15, -0.1) is 17.0 Å². The first-order valence-electron chi connectivity index (χ1n) is 13.4. The number of nitrogens with one attached hydrogen (secondary N) is 2. The Bertz CT molecular complexity index is 1340. The highest BCUT2D eigenvalue weighted by atomic mass is 79.9. The highest BCUT2D eigenvalue weighted by Crippen LogP contribution is 2.41. The lowest BCUT2D eigenvalue weighted by Gasteiger charge is -2.29. The molecule has 0 spiro atoms. The van der Waals surface area contributed by atoms with E-state index in [0.717, 1.165) is 22.5 Å². The third-order valence-corrected chi connectivity index (χ3v) is 7.73. The van der Waals surface area contributed by atoms with Crippen molar-refractivity contribution in [2.24, 2.45) is 0 Å². The fraction of sp³-hybridized carbons (Fsp3) is 0.500. The second-order valence-corrected chi connectivity index (χ2v) is 11.7. The summed E-state index contributed by atoms with van der Waals surface area (Å²) in [6, 6.07) is 7.37. The molecule has 1 saturated heterocycles. The molecule has 0 aliphatic carbocycles. The first-order chi connectivity index (χ1) is 18.8. The third-order valence-electron chi connectivity index (χ3n) is 7.73. The Hall–Kier alpha value is -3.15. The predicted octanol–water partition coefficient (Wildman–Crippen LogP) is 3.22. The molecule has 0 aromatic heterocycles. The summed E-state index contributed by atoms with van der Waals surface area (Å²) in [5.41, 5.74) is 4.62. The zero-order valence-electron chi connectivity index (χ0n) is 25.1. The lowest BCUT2D eigenvalue weighted by molar-refractivity contribution is 0.0217. The number of ketones is 1. The van der Waals surface area contributed by atoms with E-state index in [-0.39, 0.29) is 52.6 Å². The maximum Gasteiger partial charge on any atom is 0.253 e. The van der Waals surface area contributed by atoms with Crippen molar-refractivity contribution in [1.29, 1.82) is 5.41 Å². The Balaban J connectivity index is 0.00000462. The molecule has 41 heavy (non-hydrogen) atoms. The summed E-state index contributed by atoms with van der Waals surface area (Å²) in [5.74, 6) is 0.535. The second kappa shape index (κ2) is 12.4. The van der Waals surface area contributed by atoms with E-state index in [9.17, 15) is 14.7 Å². The van der Waals surface area contributed by atoms with Crippen LogP contribution in [0.3, 0.4) is 0 Å². The van der Waals surface area contributed by atoms with Crippen LogP contribution in [0.1, 0.15) is 58.2 Å². The van der Waals surface area contributed by atoms with E-state index in [2.05, 4.69) is 26.1 Å². The monoisotopic (exact) mass is 631 g/mol. The highest BCUT2D eigenvalue weighted by Gasteiger charge is 2.35. The molecule has 0 bridgehead atoms. The molecule has 0 radical (unpaired) electrons. The molecule has 10 nitrogen and oxygen atoms in total. The van der Waals surface area contributed by atoms with E-state index in [1.807, 2.05) is 42.1 Å². The van der Waals surface area contributed by atoms with Gasteiger partial charge in [-0.1, -0.05) is 20.8 Å². The summed E-state index contributed by atoms with van der Waals surface area (Å²) in [6.45, 7) is 7.46. The number of rotatable bonds is 8. The summed E-state index contributed by atoms with van der Waals surface area (Å²) in [5, 5.41) is 22.0. The molecule has 2 aliphatic heterocycles. The molecule has 2 aliphatic rings. The number of amides is 1. The number of aliphatic hydroxyl groups excluding tert-OH is 1. The van der Waals surface area contributed by atoms with E-state index in [4.69, 9.17) is 14.9 Å². The summed E-state index contributed by atoms with van der Waals surface area (Å²) in [4.78, 5) is 31.9. The number of amidine groups is 1. The summed E-state index contributed by atoms with van der Waals surface area (Å²) in [6.07, 6.45) is -0.986. The number of aliphatic hydroxyl groups is 1. The number of hydrogen-bond donors (Lipinski definition) is 3. The number of carbonyl (C=O) groups is 2. The van der Waals surface area contributed by atoms with Gasteiger partial charge in [-0.2, -0.15) is 0 Å². The standard InChI is InChI=1S/C30H41N5O5.BrH/c1-30(2,3)21-9-17(10-23(27(21)40-8)34-15-25(37)26(16-34)39-7)24(36)14-35-13-18-11-22(33(5)6)20(29(38)32-4)12-19(18)28(35)31;/h9-12,25-26,31,37H,13-16H2,1-8H3,(H,32,38);1H. The molecule has 2 aromatic rings. The van der Waals surface area contributed by atoms with Gasteiger partial charge in [0, 0.05) is 70.3 Å². The Kier molecular flexibility index (Phi) is 9.77. The minimum absolute atomic E-state index is 0. The molecule has 2 aromatic carbocycles. The van der Waals surface area contributed by atoms with Crippen molar-refractivity contribution in [3.8, 4) is 5.75 Å². The van der Waals surface area contributed by atoms with E-state index in [1.54, 1.807) is 32.2 Å². The van der Waals surface area contributed by atoms with Crippen LogP contribution in [0.2, 0.25) is 0 Å². The van der Waals surface area contributed by atoms with E-state index >= 15 is 0 Å². The zero-order valence-corrected chi connectivity index (χ0v) is 26.8. The van der Waals surface area contributed by atoms with Crippen molar-refractivity contribution in [3.63, 3.8) is 0 Å². The number of ether oxygens (including phenoxy) is 2. The third kappa shape index (κ3) is 6.22. The van der Waals surface area contributed by atoms with E-state index in [0.29, 0.717) is 42.1 Å². The molecular formula is C30H42BrN5O5. The van der Waals surface area contributed by atoms with Crippen LogP contribution in [-0.4, -0.2) is 94.7 Å². The molecule has 3 N–H and O–H groups in total. The summed E-state index contributed by atoms with van der Waals surface area (Å²) in [7, 11) is 8.53. The van der Waals surface area contributed by atoms with Gasteiger partial charge < -0.3 is 34.6 Å². The molecule has 0 saturated carbocycles. The number of hydrogen-bond acceptors (Lipinski definition) is 8. The Morgan fingerprint density at radius 2 is 1.83 bits per heavy atom. The number of benzene rings is 2. The molecule has 2 atom stereocenters. The Labute approximate surface area is 252 Å². The van der Waals surface area contributed by atoms with Crippen molar-refractivity contribution in [3.05, 3.63) is 52.1 Å². The maximum absolute atomic E-state index is 13.8. The maximum atomic E-state index is 13.8. The summed E-state index contributed by atoms with van der Waals surface area (Å²) >= 11 is 0. The number of methoxy groups -OCH3 is 2. The van der Waals surface area contributed by atoms with Gasteiger partial charge in [0.25, 0.3) is 5.91 Å². The van der Waals surface area contributed by atoms with Gasteiger partial charge in [0.1, 0.15) is 17.7 Å². The number of anilines is 2. The van der Waals surface area contributed by atoms with Crippen LogP contribution in [0.5, 0.6) is 5.75 Å². The van der Waals surface area contributed by atoms with Crippen LogP contribution < -0.4 is 19.9 Å². The minimum Gasteiger partial charge on any atom is -0.494 e. The molecule has 11 heteroatoms. The SMILES string of the molecule is Br.CNC(=O)c1cc2c(cc1N(C)C)CN(CC(=O)c1cc(N3CC(O)C(OC)C3)c(OC)c(C(C)(C)C)c1)C2=N. The average molecular weight is 633 g/mol. The van der Waals surface area contributed by atoms with Crippen molar-refractivity contribution in [2.75, 3.05) is 64.8 Å². The first kappa shape index (κ1) is 32.4. The van der Waals surface area contributed by atoms with Gasteiger partial charge >= 0.3 is 0 Å². The van der Waals surface area contributed by atoms with Crippen LogP contribution in [0.4, 0.5) is 11.4 Å². The van der Waals surface area contributed by atoms with Crippen LogP contribution >= 0.6 is 17.0 Å². The lowest BCUT2D eigenvalue weighted by atomic mass is 9.84. The number of nitrogens with zero attached hydrogens (tertiary/aromatic N) is 3. The first-order valence-corrected chi connectivity index (χ1v) is 13.4. The molecule has 1 amide bonds. The van der Waals surface area contributed by atoms with Gasteiger partial charge in [0.15, 0.2) is 5.78 Å². The average Bonchev–Trinajstić information content (AvgIpc) is 3.44. The van der Waals surface area contributed by atoms with E-state index < -0.39 is 6.10 Å². The fourth-order valence-electron chi connectivity index (χ4n) is 5.49. The number of halogens is 1. The normalized spacial score (nSPS) is 18.2. The second-order valence-electron chi connectivity index (χ2n) is 11.7. The minimum atomic E-state index is -0.650. The lowest BCUT2D eigenvalue weighted by Crippen LogP contribution is -2.31. The zero-order chi connectivity index (χ0) is 29.5. The quantitative estimate of drug-likeness (QED) is 0.380. The number of fused-ring (bicyclic) bond motifs is 1. The number of carbonyl (C=O) groups excluding carboxylic acids is 2. The Morgan fingerprint density at radius 1 is 1.15 bits per heavy atom. The molecular weight excluding hydrogens is 590 g/mol. The largest absolute Gasteiger partial charge is 0.494 e. The van der Waals surface area contributed by atoms with Gasteiger partial charge in [0.2, 0.25) is 0 Å². The molecule has 1 fully saturated rings. The van der Waals surface area contributed by atoms with Gasteiger partial charge in [0.05, 0.1) is 31.0 Å².